The Bertz CT molecular complexity index is 836. The molecule has 21 heavy (non-hydrogen) atoms. The standard InChI is InChI=1S/C18H14O3/c1-11-15-9-13(19)7-8-14(15)17(10-16(11)18(20)21)12-5-3-2-4-6-12/h2-10,19H,1H3,(H,20,21). The Morgan fingerprint density at radius 2 is 1.67 bits per heavy atom. The first-order valence-corrected chi connectivity index (χ1v) is 6.63. The Balaban J connectivity index is 2.44. The number of benzene rings is 3. The summed E-state index contributed by atoms with van der Waals surface area (Å²) in [4.78, 5) is 11.5. The molecule has 0 aliphatic heterocycles. The maximum atomic E-state index is 11.5. The SMILES string of the molecule is Cc1c(C(=O)O)cc(-c2ccccc2)c2ccc(O)cc12. The van der Waals surface area contributed by atoms with E-state index >= 15 is 0 Å². The Labute approximate surface area is 122 Å². The summed E-state index contributed by atoms with van der Waals surface area (Å²) in [6.07, 6.45) is 0. The summed E-state index contributed by atoms with van der Waals surface area (Å²) < 4.78 is 0. The van der Waals surface area contributed by atoms with Gasteiger partial charge >= 0.3 is 5.97 Å². The summed E-state index contributed by atoms with van der Waals surface area (Å²) in [6, 6.07) is 16.4. The minimum absolute atomic E-state index is 0.132. The topological polar surface area (TPSA) is 57.5 Å². The fourth-order valence-electron chi connectivity index (χ4n) is 2.63. The highest BCUT2D eigenvalue weighted by atomic mass is 16.4. The molecule has 104 valence electrons. The van der Waals surface area contributed by atoms with Crippen molar-refractivity contribution in [1.82, 2.24) is 0 Å². The van der Waals surface area contributed by atoms with Crippen LogP contribution in [0.5, 0.6) is 5.75 Å². The molecule has 0 bridgehead atoms. The van der Waals surface area contributed by atoms with Gasteiger partial charge in [0.05, 0.1) is 5.56 Å². The lowest BCUT2D eigenvalue weighted by atomic mass is 9.91. The molecular formula is C18H14O3. The summed E-state index contributed by atoms with van der Waals surface area (Å²) in [5.74, 6) is -0.831. The van der Waals surface area contributed by atoms with E-state index in [9.17, 15) is 15.0 Å². The fraction of sp³-hybridized carbons (Fsp3) is 0.0556. The fourth-order valence-corrected chi connectivity index (χ4v) is 2.63. The molecule has 0 saturated carbocycles. The third-order valence-electron chi connectivity index (χ3n) is 3.71. The second-order valence-corrected chi connectivity index (χ2v) is 5.00. The largest absolute Gasteiger partial charge is 0.508 e. The summed E-state index contributed by atoms with van der Waals surface area (Å²) in [5.41, 5.74) is 2.73. The van der Waals surface area contributed by atoms with Gasteiger partial charge in [0.1, 0.15) is 5.75 Å². The number of phenols is 1. The maximum absolute atomic E-state index is 11.5. The number of hydrogen-bond donors (Lipinski definition) is 2. The number of aromatic hydroxyl groups is 1. The molecule has 0 fully saturated rings. The van der Waals surface area contributed by atoms with Gasteiger partial charge in [0, 0.05) is 0 Å². The summed E-state index contributed by atoms with van der Waals surface area (Å²) in [7, 11) is 0. The quantitative estimate of drug-likeness (QED) is 0.738. The van der Waals surface area contributed by atoms with Gasteiger partial charge in [-0.3, -0.25) is 0 Å². The highest BCUT2D eigenvalue weighted by molar-refractivity contribution is 6.05. The van der Waals surface area contributed by atoms with Crippen LogP contribution in [0.15, 0.2) is 54.6 Å². The smallest absolute Gasteiger partial charge is 0.335 e. The average molecular weight is 278 g/mol. The molecule has 0 atom stereocenters. The molecule has 0 heterocycles. The minimum Gasteiger partial charge on any atom is -0.508 e. The van der Waals surface area contributed by atoms with Gasteiger partial charge in [0.2, 0.25) is 0 Å². The van der Waals surface area contributed by atoms with E-state index in [1.54, 1.807) is 25.1 Å². The Kier molecular flexibility index (Phi) is 3.10. The van der Waals surface area contributed by atoms with Crippen molar-refractivity contribution >= 4 is 16.7 Å². The van der Waals surface area contributed by atoms with Crippen molar-refractivity contribution in [2.45, 2.75) is 6.92 Å². The molecule has 0 saturated heterocycles. The predicted molar refractivity (Wildman–Crippen MR) is 82.7 cm³/mol. The molecule has 0 aromatic heterocycles. The molecule has 3 aromatic carbocycles. The van der Waals surface area contributed by atoms with Crippen molar-refractivity contribution in [3.63, 3.8) is 0 Å². The third kappa shape index (κ3) is 2.23. The van der Waals surface area contributed by atoms with Crippen molar-refractivity contribution in [2.75, 3.05) is 0 Å². The van der Waals surface area contributed by atoms with Gasteiger partial charge < -0.3 is 10.2 Å². The van der Waals surface area contributed by atoms with Gasteiger partial charge in [-0.25, -0.2) is 4.79 Å². The van der Waals surface area contributed by atoms with Crippen molar-refractivity contribution in [3.05, 3.63) is 65.7 Å². The van der Waals surface area contributed by atoms with E-state index in [2.05, 4.69) is 0 Å². The zero-order valence-electron chi connectivity index (χ0n) is 11.5. The number of aromatic carboxylic acids is 1. The molecule has 0 radical (unpaired) electrons. The Morgan fingerprint density at radius 3 is 2.33 bits per heavy atom. The first kappa shape index (κ1) is 13.2. The lowest BCUT2D eigenvalue weighted by molar-refractivity contribution is 0.0696. The molecule has 0 unspecified atom stereocenters. The number of rotatable bonds is 2. The zero-order valence-corrected chi connectivity index (χ0v) is 11.5. The van der Waals surface area contributed by atoms with E-state index in [1.807, 2.05) is 36.4 Å². The van der Waals surface area contributed by atoms with Gasteiger partial charge in [0.15, 0.2) is 0 Å². The molecule has 0 amide bonds. The number of aryl methyl sites for hydroxylation is 1. The van der Waals surface area contributed by atoms with E-state index in [4.69, 9.17) is 0 Å². The summed E-state index contributed by atoms with van der Waals surface area (Å²) in [6.45, 7) is 1.76. The van der Waals surface area contributed by atoms with Crippen LogP contribution in [0.2, 0.25) is 0 Å². The molecule has 3 aromatic rings. The van der Waals surface area contributed by atoms with Crippen LogP contribution in [0.3, 0.4) is 0 Å². The molecule has 0 aliphatic rings. The van der Waals surface area contributed by atoms with E-state index < -0.39 is 5.97 Å². The van der Waals surface area contributed by atoms with Gasteiger partial charge in [-0.05, 0) is 52.6 Å². The molecule has 0 spiro atoms. The van der Waals surface area contributed by atoms with Crippen LogP contribution in [0.25, 0.3) is 21.9 Å². The molecular weight excluding hydrogens is 264 g/mol. The second-order valence-electron chi connectivity index (χ2n) is 5.00. The van der Waals surface area contributed by atoms with Crippen molar-refractivity contribution in [2.24, 2.45) is 0 Å². The first-order valence-electron chi connectivity index (χ1n) is 6.63. The normalized spacial score (nSPS) is 10.7. The highest BCUT2D eigenvalue weighted by Crippen LogP contribution is 2.34. The number of carbonyl (C=O) groups is 1. The highest BCUT2D eigenvalue weighted by Gasteiger charge is 2.15. The van der Waals surface area contributed by atoms with Crippen LogP contribution in [0.4, 0.5) is 0 Å². The number of phenolic OH excluding ortho intramolecular Hbond substituents is 1. The summed E-state index contributed by atoms with van der Waals surface area (Å²) >= 11 is 0. The maximum Gasteiger partial charge on any atom is 0.335 e. The Morgan fingerprint density at radius 1 is 0.952 bits per heavy atom. The van der Waals surface area contributed by atoms with Crippen molar-refractivity contribution in [1.29, 1.82) is 0 Å². The lowest BCUT2D eigenvalue weighted by Crippen LogP contribution is -2.01. The van der Waals surface area contributed by atoms with Crippen LogP contribution in [0.1, 0.15) is 15.9 Å². The van der Waals surface area contributed by atoms with E-state index in [0.29, 0.717) is 5.56 Å². The number of fused-ring (bicyclic) bond motifs is 1. The van der Waals surface area contributed by atoms with Gasteiger partial charge in [-0.2, -0.15) is 0 Å². The van der Waals surface area contributed by atoms with E-state index in [1.165, 1.54) is 0 Å². The Hall–Kier alpha value is -2.81. The first-order chi connectivity index (χ1) is 10.1. The van der Waals surface area contributed by atoms with Crippen LogP contribution in [-0.2, 0) is 0 Å². The molecule has 0 aliphatic carbocycles. The number of carboxylic acid groups (broad SMARTS) is 1. The van der Waals surface area contributed by atoms with E-state index in [0.717, 1.165) is 21.9 Å². The number of carboxylic acids is 1. The lowest BCUT2D eigenvalue weighted by Gasteiger charge is -2.13. The molecule has 3 heteroatoms. The predicted octanol–water partition coefficient (Wildman–Crippen LogP) is 4.22. The zero-order chi connectivity index (χ0) is 15.0. The molecule has 2 N–H and O–H groups in total. The monoisotopic (exact) mass is 278 g/mol. The molecule has 3 nitrogen and oxygen atoms in total. The van der Waals surface area contributed by atoms with Crippen LogP contribution in [-0.4, -0.2) is 16.2 Å². The van der Waals surface area contributed by atoms with Crippen molar-refractivity contribution < 1.29 is 15.0 Å². The third-order valence-corrected chi connectivity index (χ3v) is 3.71. The molecule has 3 rings (SSSR count). The van der Waals surface area contributed by atoms with Crippen LogP contribution in [0, 0.1) is 6.92 Å². The average Bonchev–Trinajstić information content (AvgIpc) is 2.48. The second kappa shape index (κ2) is 4.94. The van der Waals surface area contributed by atoms with Crippen LogP contribution < -0.4 is 0 Å². The van der Waals surface area contributed by atoms with Crippen LogP contribution >= 0.6 is 0 Å². The van der Waals surface area contributed by atoms with Crippen molar-refractivity contribution in [3.8, 4) is 16.9 Å². The van der Waals surface area contributed by atoms with Gasteiger partial charge in [-0.1, -0.05) is 36.4 Å². The van der Waals surface area contributed by atoms with Gasteiger partial charge in [-0.15, -0.1) is 0 Å². The van der Waals surface area contributed by atoms with E-state index in [-0.39, 0.29) is 11.3 Å². The number of hydrogen-bond acceptors (Lipinski definition) is 2. The minimum atomic E-state index is -0.963. The van der Waals surface area contributed by atoms with Gasteiger partial charge in [0.25, 0.3) is 0 Å². The summed E-state index contributed by atoms with van der Waals surface area (Å²) in [5, 5.41) is 20.8.